The highest BCUT2D eigenvalue weighted by Crippen LogP contribution is 2.26. The van der Waals surface area contributed by atoms with Gasteiger partial charge < -0.3 is 4.74 Å². The van der Waals surface area contributed by atoms with Crippen molar-refractivity contribution in [3.8, 4) is 17.6 Å². The highest BCUT2D eigenvalue weighted by Gasteiger charge is 2.05. The van der Waals surface area contributed by atoms with Gasteiger partial charge in [-0.2, -0.15) is 5.26 Å². The van der Waals surface area contributed by atoms with E-state index >= 15 is 0 Å². The van der Waals surface area contributed by atoms with Crippen LogP contribution in [-0.4, -0.2) is 0 Å². The minimum atomic E-state index is 0.547. The number of hydrogen-bond acceptors (Lipinski definition) is 2. The second kappa shape index (κ2) is 6.21. The van der Waals surface area contributed by atoms with E-state index in [1.165, 1.54) is 0 Å². The number of ether oxygens (including phenoxy) is 1. The van der Waals surface area contributed by atoms with Gasteiger partial charge in [-0.25, -0.2) is 0 Å². The summed E-state index contributed by atoms with van der Waals surface area (Å²) in [4.78, 5) is 0. The van der Waals surface area contributed by atoms with Gasteiger partial charge in [-0.3, -0.25) is 0 Å². The molecule has 2 nitrogen and oxygen atoms in total. The van der Waals surface area contributed by atoms with Crippen molar-refractivity contribution in [3.63, 3.8) is 0 Å². The Morgan fingerprint density at radius 1 is 1.17 bits per heavy atom. The molecule has 0 heterocycles. The van der Waals surface area contributed by atoms with Crippen LogP contribution in [0.4, 0.5) is 0 Å². The number of rotatable bonds is 3. The summed E-state index contributed by atoms with van der Waals surface area (Å²) in [5, 5.41) is 9.84. The SMILES string of the molecule is N#Cc1cc(CBr)ccc1Oc1ccc(I)cc1. The zero-order chi connectivity index (χ0) is 13.0. The summed E-state index contributed by atoms with van der Waals surface area (Å²) in [6.45, 7) is 0. The monoisotopic (exact) mass is 413 g/mol. The molecule has 2 aromatic rings. The Balaban J connectivity index is 2.29. The maximum atomic E-state index is 9.11. The van der Waals surface area contributed by atoms with Gasteiger partial charge in [0, 0.05) is 8.90 Å². The second-order valence-electron chi connectivity index (χ2n) is 3.63. The van der Waals surface area contributed by atoms with Crippen molar-refractivity contribution in [1.29, 1.82) is 5.26 Å². The van der Waals surface area contributed by atoms with Gasteiger partial charge in [-0.05, 0) is 64.6 Å². The van der Waals surface area contributed by atoms with Crippen LogP contribution in [0.25, 0.3) is 0 Å². The summed E-state index contributed by atoms with van der Waals surface area (Å²) >= 11 is 5.61. The minimum absolute atomic E-state index is 0.547. The highest BCUT2D eigenvalue weighted by atomic mass is 127. The van der Waals surface area contributed by atoms with E-state index in [4.69, 9.17) is 10.00 Å². The predicted octanol–water partition coefficient (Wildman–Crippen LogP) is 4.85. The third-order valence-electron chi connectivity index (χ3n) is 2.36. The van der Waals surface area contributed by atoms with E-state index < -0.39 is 0 Å². The minimum Gasteiger partial charge on any atom is -0.456 e. The summed E-state index contributed by atoms with van der Waals surface area (Å²) in [6.07, 6.45) is 0. The lowest BCUT2D eigenvalue weighted by atomic mass is 10.1. The lowest BCUT2D eigenvalue weighted by molar-refractivity contribution is 0.481. The molecule has 0 saturated heterocycles. The van der Waals surface area contributed by atoms with E-state index in [0.717, 1.165) is 20.2 Å². The van der Waals surface area contributed by atoms with Crippen molar-refractivity contribution in [2.24, 2.45) is 0 Å². The molecule has 18 heavy (non-hydrogen) atoms. The topological polar surface area (TPSA) is 33.0 Å². The molecule has 4 heteroatoms. The summed E-state index contributed by atoms with van der Waals surface area (Å²) in [7, 11) is 0. The van der Waals surface area contributed by atoms with Crippen molar-refractivity contribution in [1.82, 2.24) is 0 Å². The first-order chi connectivity index (χ1) is 8.72. The molecule has 0 aliphatic rings. The summed E-state index contributed by atoms with van der Waals surface area (Å²) < 4.78 is 6.86. The van der Waals surface area contributed by atoms with Crippen molar-refractivity contribution in [2.45, 2.75) is 5.33 Å². The Bertz CT molecular complexity index is 590. The molecule has 0 saturated carbocycles. The molecule has 0 aliphatic heterocycles. The lowest BCUT2D eigenvalue weighted by Crippen LogP contribution is -1.90. The van der Waals surface area contributed by atoms with E-state index in [1.807, 2.05) is 42.5 Å². The molecule has 0 spiro atoms. The first-order valence-corrected chi connectivity index (χ1v) is 7.45. The van der Waals surface area contributed by atoms with E-state index in [2.05, 4.69) is 44.6 Å². The van der Waals surface area contributed by atoms with Gasteiger partial charge in [0.2, 0.25) is 0 Å². The first-order valence-electron chi connectivity index (χ1n) is 5.25. The zero-order valence-corrected chi connectivity index (χ0v) is 13.1. The third-order valence-corrected chi connectivity index (χ3v) is 3.73. The smallest absolute Gasteiger partial charge is 0.145 e. The molecule has 2 aromatic carbocycles. The molecule has 0 unspecified atom stereocenters. The highest BCUT2D eigenvalue weighted by molar-refractivity contribution is 14.1. The normalized spacial score (nSPS) is 9.83. The van der Waals surface area contributed by atoms with Crippen molar-refractivity contribution in [2.75, 3.05) is 0 Å². The maximum Gasteiger partial charge on any atom is 0.145 e. The number of benzene rings is 2. The average molecular weight is 414 g/mol. The number of alkyl halides is 1. The summed E-state index contributed by atoms with van der Waals surface area (Å²) in [6, 6.07) is 15.5. The second-order valence-corrected chi connectivity index (χ2v) is 5.44. The van der Waals surface area contributed by atoms with Gasteiger partial charge in [0.1, 0.15) is 17.6 Å². The van der Waals surface area contributed by atoms with Crippen LogP contribution in [0.15, 0.2) is 42.5 Å². The van der Waals surface area contributed by atoms with Crippen LogP contribution in [0.1, 0.15) is 11.1 Å². The van der Waals surface area contributed by atoms with Crippen LogP contribution in [0.5, 0.6) is 11.5 Å². The van der Waals surface area contributed by atoms with Crippen molar-refractivity contribution in [3.05, 3.63) is 57.2 Å². The summed E-state index contributed by atoms with van der Waals surface area (Å²) in [5.41, 5.74) is 1.60. The fourth-order valence-corrected chi connectivity index (χ4v) is 2.17. The van der Waals surface area contributed by atoms with Crippen LogP contribution in [0.3, 0.4) is 0 Å². The number of nitrogens with zero attached hydrogens (tertiary/aromatic N) is 1. The van der Waals surface area contributed by atoms with Gasteiger partial charge in [0.05, 0.1) is 5.56 Å². The molecule has 0 N–H and O–H groups in total. The molecule has 0 atom stereocenters. The molecule has 90 valence electrons. The van der Waals surface area contributed by atoms with Crippen molar-refractivity contribution < 1.29 is 4.74 Å². The van der Waals surface area contributed by atoms with Gasteiger partial charge in [0.15, 0.2) is 0 Å². The molecule has 0 bridgehead atoms. The largest absolute Gasteiger partial charge is 0.456 e. The van der Waals surface area contributed by atoms with Crippen LogP contribution < -0.4 is 4.74 Å². The fourth-order valence-electron chi connectivity index (χ4n) is 1.47. The number of nitriles is 1. The Morgan fingerprint density at radius 2 is 1.89 bits per heavy atom. The Labute approximate surface area is 128 Å². The van der Waals surface area contributed by atoms with Crippen molar-refractivity contribution >= 4 is 38.5 Å². The third kappa shape index (κ3) is 3.24. The van der Waals surface area contributed by atoms with Gasteiger partial charge >= 0.3 is 0 Å². The average Bonchev–Trinajstić information content (AvgIpc) is 2.41. The van der Waals surface area contributed by atoms with Crippen LogP contribution >= 0.6 is 38.5 Å². The van der Waals surface area contributed by atoms with Gasteiger partial charge in [-0.1, -0.05) is 22.0 Å². The molecule has 0 fully saturated rings. The number of halogens is 2. The zero-order valence-electron chi connectivity index (χ0n) is 9.36. The van der Waals surface area contributed by atoms with Crippen LogP contribution in [0.2, 0.25) is 0 Å². The van der Waals surface area contributed by atoms with Gasteiger partial charge in [0.25, 0.3) is 0 Å². The molecule has 0 aromatic heterocycles. The lowest BCUT2D eigenvalue weighted by Gasteiger charge is -2.08. The predicted molar refractivity (Wildman–Crippen MR) is 83.0 cm³/mol. The molecular weight excluding hydrogens is 405 g/mol. The van der Waals surface area contributed by atoms with Crippen LogP contribution in [-0.2, 0) is 5.33 Å². The molecule has 0 aliphatic carbocycles. The molecular formula is C14H9BrINO. The van der Waals surface area contributed by atoms with E-state index in [-0.39, 0.29) is 0 Å². The maximum absolute atomic E-state index is 9.11. The Hall–Kier alpha value is -1.06. The standard InChI is InChI=1S/C14H9BrINO/c15-8-10-1-6-14(11(7-10)9-17)18-13-4-2-12(16)3-5-13/h1-7H,8H2. The van der Waals surface area contributed by atoms with E-state index in [9.17, 15) is 0 Å². The molecule has 0 amide bonds. The van der Waals surface area contributed by atoms with Crippen LogP contribution in [0, 0.1) is 14.9 Å². The molecule has 0 radical (unpaired) electrons. The fraction of sp³-hybridized carbons (Fsp3) is 0.0714. The van der Waals surface area contributed by atoms with E-state index in [1.54, 1.807) is 0 Å². The number of hydrogen-bond donors (Lipinski definition) is 0. The summed E-state index contributed by atoms with van der Waals surface area (Å²) in [5.74, 6) is 1.32. The Morgan fingerprint density at radius 3 is 2.50 bits per heavy atom. The van der Waals surface area contributed by atoms with Gasteiger partial charge in [-0.15, -0.1) is 0 Å². The quantitative estimate of drug-likeness (QED) is 0.532. The van der Waals surface area contributed by atoms with E-state index in [0.29, 0.717) is 11.3 Å². The molecule has 2 rings (SSSR count). The Kier molecular flexibility index (Phi) is 4.61. The first kappa shape index (κ1) is 13.4.